The van der Waals surface area contributed by atoms with Crippen molar-refractivity contribution >= 4 is 23.7 Å². The number of amides is 1. The zero-order valence-corrected chi connectivity index (χ0v) is 15.0. The van der Waals surface area contributed by atoms with Gasteiger partial charge in [0.1, 0.15) is 11.4 Å². The van der Waals surface area contributed by atoms with E-state index in [1.165, 1.54) is 25.7 Å². The summed E-state index contributed by atoms with van der Waals surface area (Å²) >= 11 is 1.98. The molecule has 0 aromatic carbocycles. The molecule has 5 nitrogen and oxygen atoms in total. The van der Waals surface area contributed by atoms with Crippen LogP contribution in [0.2, 0.25) is 0 Å². The Morgan fingerprint density at radius 2 is 2.00 bits per heavy atom. The summed E-state index contributed by atoms with van der Waals surface area (Å²) in [4.78, 5) is 18.4. The highest BCUT2D eigenvalue weighted by atomic mass is 32.2. The van der Waals surface area contributed by atoms with E-state index in [2.05, 4.69) is 16.6 Å². The smallest absolute Gasteiger partial charge is 0.410 e. The van der Waals surface area contributed by atoms with Crippen LogP contribution in [0.3, 0.4) is 0 Å². The van der Waals surface area contributed by atoms with Crippen molar-refractivity contribution in [3.63, 3.8) is 0 Å². The summed E-state index contributed by atoms with van der Waals surface area (Å²) in [5.41, 5.74) is -0.449. The second-order valence-electron chi connectivity index (χ2n) is 7.08. The Labute approximate surface area is 138 Å². The van der Waals surface area contributed by atoms with E-state index in [0.717, 1.165) is 11.1 Å². The van der Waals surface area contributed by atoms with Crippen LogP contribution in [0.1, 0.15) is 46.5 Å². The molecule has 0 spiro atoms. The minimum Gasteiger partial charge on any atom is -0.444 e. The predicted octanol–water partition coefficient (Wildman–Crippen LogP) is 2.90. The van der Waals surface area contributed by atoms with E-state index < -0.39 is 5.60 Å². The molecule has 2 rings (SSSR count). The van der Waals surface area contributed by atoms with Gasteiger partial charge in [-0.3, -0.25) is 9.89 Å². The van der Waals surface area contributed by atoms with E-state index in [4.69, 9.17) is 4.74 Å². The molecule has 1 aliphatic carbocycles. The third-order valence-electron chi connectivity index (χ3n) is 4.04. The number of hydrogen-bond donors (Lipinski definition) is 1. The second-order valence-corrected chi connectivity index (χ2v) is 8.22. The predicted molar refractivity (Wildman–Crippen MR) is 92.8 cm³/mol. The lowest BCUT2D eigenvalue weighted by Gasteiger charge is -2.33. The molecular weight excluding hydrogens is 298 g/mol. The van der Waals surface area contributed by atoms with Crippen LogP contribution in [0.15, 0.2) is 4.99 Å². The molecule has 0 atom stereocenters. The maximum atomic E-state index is 12.2. The Balaban J connectivity index is 1.81. The first-order valence-corrected chi connectivity index (χ1v) is 9.47. The van der Waals surface area contributed by atoms with Crippen LogP contribution in [0, 0.1) is 0 Å². The average Bonchev–Trinajstić information content (AvgIpc) is 2.46. The van der Waals surface area contributed by atoms with Gasteiger partial charge in [-0.05, 0) is 52.7 Å². The first-order chi connectivity index (χ1) is 10.4. The quantitative estimate of drug-likeness (QED) is 0.847. The molecule has 22 heavy (non-hydrogen) atoms. The summed E-state index contributed by atoms with van der Waals surface area (Å²) in [5.74, 6) is 0.935. The molecule has 2 aliphatic rings. The Morgan fingerprint density at radius 3 is 2.59 bits per heavy atom. The number of thioether (sulfide) groups is 1. The van der Waals surface area contributed by atoms with E-state index in [-0.39, 0.29) is 6.09 Å². The average molecular weight is 327 g/mol. The van der Waals surface area contributed by atoms with Gasteiger partial charge in [0.25, 0.3) is 0 Å². The Morgan fingerprint density at radius 1 is 1.32 bits per heavy atom. The van der Waals surface area contributed by atoms with Gasteiger partial charge in [0.05, 0.1) is 13.1 Å². The van der Waals surface area contributed by atoms with Gasteiger partial charge < -0.3 is 10.1 Å². The van der Waals surface area contributed by atoms with Crippen molar-refractivity contribution < 1.29 is 9.53 Å². The molecule has 0 saturated heterocycles. The van der Waals surface area contributed by atoms with Gasteiger partial charge in [0, 0.05) is 17.8 Å². The highest BCUT2D eigenvalue weighted by molar-refractivity contribution is 7.99. The molecule has 1 aliphatic heterocycles. The first-order valence-electron chi connectivity index (χ1n) is 8.18. The summed E-state index contributed by atoms with van der Waals surface area (Å²) in [5, 5.41) is 4.35. The minimum absolute atomic E-state index is 0.243. The van der Waals surface area contributed by atoms with Gasteiger partial charge in [-0.2, -0.15) is 11.8 Å². The number of ether oxygens (including phenoxy) is 1. The molecule has 1 heterocycles. The van der Waals surface area contributed by atoms with Gasteiger partial charge in [-0.1, -0.05) is 0 Å². The lowest BCUT2D eigenvalue weighted by molar-refractivity contribution is 0.0276. The summed E-state index contributed by atoms with van der Waals surface area (Å²) < 4.78 is 5.45. The third kappa shape index (κ3) is 5.38. The largest absolute Gasteiger partial charge is 0.444 e. The van der Waals surface area contributed by atoms with E-state index in [1.54, 1.807) is 4.90 Å². The molecule has 0 aromatic heterocycles. The summed E-state index contributed by atoms with van der Waals surface area (Å²) in [6, 6.07) is 0.501. The Hall–Kier alpha value is -0.910. The summed E-state index contributed by atoms with van der Waals surface area (Å²) in [7, 11) is 0. The number of aliphatic imine (C=N–C) groups is 1. The van der Waals surface area contributed by atoms with Gasteiger partial charge >= 0.3 is 6.09 Å². The lowest BCUT2D eigenvalue weighted by atomic mass is 9.95. The van der Waals surface area contributed by atoms with E-state index >= 15 is 0 Å². The number of carbonyl (C=O) groups is 1. The fourth-order valence-electron chi connectivity index (χ4n) is 2.87. The number of nitrogens with zero attached hydrogens (tertiary/aromatic N) is 2. The number of hydrogen-bond acceptors (Lipinski definition) is 5. The van der Waals surface area contributed by atoms with Gasteiger partial charge in [0.15, 0.2) is 0 Å². The summed E-state index contributed by atoms with van der Waals surface area (Å²) in [6.07, 6.45) is 6.87. The van der Waals surface area contributed by atoms with Gasteiger partial charge in [0.2, 0.25) is 0 Å². The molecular formula is C16H29N3O2S. The van der Waals surface area contributed by atoms with Gasteiger partial charge in [-0.15, -0.1) is 0 Å². The van der Waals surface area contributed by atoms with Crippen LogP contribution in [0.25, 0.3) is 0 Å². The van der Waals surface area contributed by atoms with Crippen molar-refractivity contribution in [2.24, 2.45) is 4.99 Å². The molecule has 0 radical (unpaired) electrons. The van der Waals surface area contributed by atoms with E-state index in [1.807, 2.05) is 32.5 Å². The molecule has 126 valence electrons. The molecule has 1 saturated carbocycles. The standard InChI is InChI=1S/C16H29N3O2S/c1-16(2,3)21-15(20)19-10-9-17-14(11-19)18-12-5-7-13(22-4)8-6-12/h12-13H,5-11H2,1-4H3,(H,17,18). The number of nitrogens with one attached hydrogen (secondary N) is 1. The second kappa shape index (κ2) is 7.57. The Kier molecular flexibility index (Phi) is 6.01. The Bertz CT molecular complexity index is 412. The van der Waals surface area contributed by atoms with E-state index in [0.29, 0.717) is 25.7 Å². The van der Waals surface area contributed by atoms with Crippen LogP contribution in [-0.4, -0.2) is 59.6 Å². The third-order valence-corrected chi connectivity index (χ3v) is 5.18. The molecule has 1 N–H and O–H groups in total. The van der Waals surface area contributed by atoms with Gasteiger partial charge in [-0.25, -0.2) is 4.79 Å². The minimum atomic E-state index is -0.449. The molecule has 6 heteroatoms. The molecule has 1 fully saturated rings. The van der Waals surface area contributed by atoms with Crippen LogP contribution in [0.5, 0.6) is 0 Å². The van der Waals surface area contributed by atoms with Crippen LogP contribution < -0.4 is 5.32 Å². The van der Waals surface area contributed by atoms with Crippen molar-refractivity contribution in [3.8, 4) is 0 Å². The van der Waals surface area contributed by atoms with Crippen LogP contribution in [-0.2, 0) is 4.74 Å². The summed E-state index contributed by atoms with van der Waals surface area (Å²) in [6.45, 7) is 7.52. The number of rotatable bonds is 2. The monoisotopic (exact) mass is 327 g/mol. The molecule has 1 amide bonds. The maximum absolute atomic E-state index is 12.2. The molecule has 0 bridgehead atoms. The van der Waals surface area contributed by atoms with Crippen molar-refractivity contribution in [3.05, 3.63) is 0 Å². The topological polar surface area (TPSA) is 53.9 Å². The van der Waals surface area contributed by atoms with Crippen LogP contribution >= 0.6 is 11.8 Å². The lowest BCUT2D eigenvalue weighted by Crippen LogP contribution is -2.49. The van der Waals surface area contributed by atoms with Crippen molar-refractivity contribution in [2.45, 2.75) is 63.3 Å². The van der Waals surface area contributed by atoms with Crippen molar-refractivity contribution in [2.75, 3.05) is 25.9 Å². The number of amidine groups is 1. The fraction of sp³-hybridized carbons (Fsp3) is 0.875. The van der Waals surface area contributed by atoms with Crippen LogP contribution in [0.4, 0.5) is 4.79 Å². The SMILES string of the molecule is CSC1CCC(NC2=NCCN(C(=O)OC(C)(C)C)C2)CC1. The fourth-order valence-corrected chi connectivity index (χ4v) is 3.61. The normalized spacial score (nSPS) is 26.4. The van der Waals surface area contributed by atoms with Crippen molar-refractivity contribution in [1.29, 1.82) is 0 Å². The first kappa shape index (κ1) is 17.4. The van der Waals surface area contributed by atoms with E-state index in [9.17, 15) is 4.79 Å². The number of carbonyl (C=O) groups excluding carboxylic acids is 1. The maximum Gasteiger partial charge on any atom is 0.410 e. The molecule has 0 unspecified atom stereocenters. The highest BCUT2D eigenvalue weighted by Gasteiger charge is 2.27. The zero-order chi connectivity index (χ0) is 16.2. The highest BCUT2D eigenvalue weighted by Crippen LogP contribution is 2.26. The zero-order valence-electron chi connectivity index (χ0n) is 14.2. The molecule has 0 aromatic rings. The van der Waals surface area contributed by atoms with Crippen molar-refractivity contribution in [1.82, 2.24) is 10.2 Å².